The van der Waals surface area contributed by atoms with Crippen LogP contribution >= 0.6 is 0 Å². The molecule has 0 saturated carbocycles. The van der Waals surface area contributed by atoms with E-state index in [2.05, 4.69) is 15.2 Å². The summed E-state index contributed by atoms with van der Waals surface area (Å²) in [6.07, 6.45) is 1.54. The highest BCUT2D eigenvalue weighted by Gasteiger charge is 2.18. The van der Waals surface area contributed by atoms with Gasteiger partial charge in [-0.25, -0.2) is 4.98 Å². The molecule has 0 bridgehead atoms. The van der Waals surface area contributed by atoms with Gasteiger partial charge in [-0.05, 0) is 19.1 Å². The first kappa shape index (κ1) is 9.77. The Balaban J connectivity index is 2.34. The number of hydrogen-bond donors (Lipinski definition) is 1. The number of benzene rings is 1. The van der Waals surface area contributed by atoms with Gasteiger partial charge in [0.15, 0.2) is 5.69 Å². The van der Waals surface area contributed by atoms with Crippen LogP contribution in [0.25, 0.3) is 17.1 Å². The van der Waals surface area contributed by atoms with Gasteiger partial charge in [0.1, 0.15) is 11.5 Å². The number of para-hydroxylation sites is 1. The van der Waals surface area contributed by atoms with E-state index in [9.17, 15) is 5.11 Å². The Morgan fingerprint density at radius 3 is 2.71 bits per heavy atom. The summed E-state index contributed by atoms with van der Waals surface area (Å²) >= 11 is 0. The third-order valence-electron chi connectivity index (χ3n) is 2.62. The maximum Gasteiger partial charge on any atom is 0.228 e. The van der Waals surface area contributed by atoms with Gasteiger partial charge in [-0.15, -0.1) is 5.10 Å². The SMILES string of the molecule is Cc1nc2cnnc-2c(O)n1-c1ccccc1. The summed E-state index contributed by atoms with van der Waals surface area (Å²) in [6.45, 7) is 1.83. The molecule has 17 heavy (non-hydrogen) atoms. The lowest BCUT2D eigenvalue weighted by Crippen LogP contribution is -2.06. The van der Waals surface area contributed by atoms with Crippen molar-refractivity contribution in [2.45, 2.75) is 6.92 Å². The molecule has 1 aromatic carbocycles. The van der Waals surface area contributed by atoms with E-state index in [1.165, 1.54) is 6.20 Å². The second-order valence-corrected chi connectivity index (χ2v) is 3.73. The zero-order valence-electron chi connectivity index (χ0n) is 9.20. The number of aromatic hydroxyl groups is 1. The number of rotatable bonds is 1. The normalized spacial score (nSPS) is 10.9. The molecule has 2 aliphatic heterocycles. The van der Waals surface area contributed by atoms with Crippen LogP contribution in [0.4, 0.5) is 0 Å². The molecule has 1 N–H and O–H groups in total. The molecule has 0 aromatic heterocycles. The molecule has 0 saturated heterocycles. The lowest BCUT2D eigenvalue weighted by molar-refractivity contribution is 0.433. The van der Waals surface area contributed by atoms with Gasteiger partial charge in [0.2, 0.25) is 5.88 Å². The summed E-state index contributed by atoms with van der Waals surface area (Å²) in [5, 5.41) is 17.8. The largest absolute Gasteiger partial charge is 0.493 e. The summed E-state index contributed by atoms with van der Waals surface area (Å²) in [6, 6.07) is 9.53. The summed E-state index contributed by atoms with van der Waals surface area (Å²) < 4.78 is 1.65. The molecule has 0 unspecified atom stereocenters. The molecule has 2 aliphatic rings. The number of fused-ring (bicyclic) bond motifs is 1. The minimum absolute atomic E-state index is 0.0659. The molecule has 1 aromatic rings. The number of nitrogens with zero attached hydrogens (tertiary/aromatic N) is 4. The first-order valence-electron chi connectivity index (χ1n) is 5.22. The molecule has 84 valence electrons. The van der Waals surface area contributed by atoms with Crippen LogP contribution in [-0.4, -0.2) is 24.9 Å². The van der Waals surface area contributed by atoms with E-state index in [1.54, 1.807) is 4.57 Å². The average Bonchev–Trinajstić information content (AvgIpc) is 2.78. The lowest BCUT2D eigenvalue weighted by Gasteiger charge is -2.14. The minimum atomic E-state index is 0.0659. The zero-order chi connectivity index (χ0) is 11.8. The van der Waals surface area contributed by atoms with E-state index < -0.39 is 0 Å². The first-order chi connectivity index (χ1) is 8.27. The van der Waals surface area contributed by atoms with Crippen molar-refractivity contribution in [3.05, 3.63) is 42.4 Å². The second kappa shape index (κ2) is 3.55. The Morgan fingerprint density at radius 1 is 1.18 bits per heavy atom. The van der Waals surface area contributed by atoms with Crippen LogP contribution in [0.15, 0.2) is 36.5 Å². The van der Waals surface area contributed by atoms with E-state index in [0.29, 0.717) is 17.2 Å². The van der Waals surface area contributed by atoms with Crippen LogP contribution in [-0.2, 0) is 0 Å². The predicted molar refractivity (Wildman–Crippen MR) is 62.2 cm³/mol. The van der Waals surface area contributed by atoms with Crippen molar-refractivity contribution in [3.8, 4) is 23.0 Å². The molecular formula is C12H10N4O. The van der Waals surface area contributed by atoms with Crippen LogP contribution in [0.1, 0.15) is 5.82 Å². The maximum atomic E-state index is 10.2. The van der Waals surface area contributed by atoms with E-state index in [4.69, 9.17) is 0 Å². The molecule has 0 radical (unpaired) electrons. The van der Waals surface area contributed by atoms with E-state index in [1.807, 2.05) is 37.3 Å². The van der Waals surface area contributed by atoms with Crippen molar-refractivity contribution < 1.29 is 5.11 Å². The molecule has 3 rings (SSSR count). The van der Waals surface area contributed by atoms with E-state index >= 15 is 0 Å². The van der Waals surface area contributed by atoms with Crippen LogP contribution in [0.5, 0.6) is 5.88 Å². The summed E-state index contributed by atoms with van der Waals surface area (Å²) in [4.78, 5) is 4.35. The van der Waals surface area contributed by atoms with Crippen LogP contribution in [0, 0.1) is 6.92 Å². The summed E-state index contributed by atoms with van der Waals surface area (Å²) in [5.74, 6) is 0.757. The number of aryl methyl sites for hydroxylation is 1. The molecule has 2 heterocycles. The molecular weight excluding hydrogens is 216 g/mol. The molecule has 0 spiro atoms. The Hall–Kier alpha value is -2.43. The van der Waals surface area contributed by atoms with Crippen molar-refractivity contribution in [1.82, 2.24) is 19.7 Å². The third-order valence-corrected chi connectivity index (χ3v) is 2.62. The summed E-state index contributed by atoms with van der Waals surface area (Å²) in [7, 11) is 0. The van der Waals surface area contributed by atoms with Crippen molar-refractivity contribution in [2.24, 2.45) is 0 Å². The number of aromatic nitrogens is 4. The van der Waals surface area contributed by atoms with Crippen molar-refractivity contribution in [3.63, 3.8) is 0 Å². The standard InChI is InChI=1S/C12H10N4O/c1-8-14-10-7-13-15-11(10)12(17)16(8)9-5-3-2-4-6-9/h2-7,17H,1H3. The fourth-order valence-electron chi connectivity index (χ4n) is 1.86. The van der Waals surface area contributed by atoms with Gasteiger partial charge in [0, 0.05) is 0 Å². The van der Waals surface area contributed by atoms with Gasteiger partial charge < -0.3 is 5.11 Å². The molecule has 5 nitrogen and oxygen atoms in total. The lowest BCUT2D eigenvalue weighted by atomic mass is 10.2. The molecule has 0 aliphatic carbocycles. The summed E-state index contributed by atoms with van der Waals surface area (Å²) in [5.41, 5.74) is 1.87. The van der Waals surface area contributed by atoms with Crippen LogP contribution < -0.4 is 0 Å². The van der Waals surface area contributed by atoms with Crippen molar-refractivity contribution in [2.75, 3.05) is 0 Å². The van der Waals surface area contributed by atoms with Gasteiger partial charge in [-0.2, -0.15) is 5.10 Å². The highest BCUT2D eigenvalue weighted by molar-refractivity contribution is 5.62. The van der Waals surface area contributed by atoms with E-state index in [0.717, 1.165) is 5.69 Å². The quantitative estimate of drug-likeness (QED) is 0.687. The van der Waals surface area contributed by atoms with Crippen LogP contribution in [0.3, 0.4) is 0 Å². The Bertz CT molecular complexity index is 633. The average molecular weight is 226 g/mol. The van der Waals surface area contributed by atoms with Gasteiger partial charge in [-0.1, -0.05) is 18.2 Å². The van der Waals surface area contributed by atoms with Gasteiger partial charge in [0.05, 0.1) is 11.9 Å². The highest BCUT2D eigenvalue weighted by Crippen LogP contribution is 2.30. The fourth-order valence-corrected chi connectivity index (χ4v) is 1.86. The smallest absolute Gasteiger partial charge is 0.228 e. The molecule has 0 atom stereocenters. The maximum absolute atomic E-state index is 10.2. The molecule has 5 heteroatoms. The topological polar surface area (TPSA) is 63.8 Å². The van der Waals surface area contributed by atoms with Gasteiger partial charge in [-0.3, -0.25) is 4.57 Å². The van der Waals surface area contributed by atoms with Crippen molar-refractivity contribution >= 4 is 0 Å². The molecule has 0 amide bonds. The second-order valence-electron chi connectivity index (χ2n) is 3.73. The van der Waals surface area contributed by atoms with Gasteiger partial charge >= 0.3 is 0 Å². The zero-order valence-corrected chi connectivity index (χ0v) is 9.20. The Kier molecular flexibility index (Phi) is 2.04. The fraction of sp³-hybridized carbons (Fsp3) is 0.0833. The third kappa shape index (κ3) is 1.44. The Morgan fingerprint density at radius 2 is 1.94 bits per heavy atom. The monoisotopic (exact) mass is 226 g/mol. The van der Waals surface area contributed by atoms with Crippen LogP contribution in [0.2, 0.25) is 0 Å². The highest BCUT2D eigenvalue weighted by atomic mass is 16.3. The minimum Gasteiger partial charge on any atom is -0.493 e. The van der Waals surface area contributed by atoms with Gasteiger partial charge in [0.25, 0.3) is 0 Å². The predicted octanol–water partition coefficient (Wildman–Crippen LogP) is 1.78. The first-order valence-corrected chi connectivity index (χ1v) is 5.22. The van der Waals surface area contributed by atoms with E-state index in [-0.39, 0.29) is 5.88 Å². The molecule has 0 fully saturated rings. The van der Waals surface area contributed by atoms with Crippen molar-refractivity contribution in [1.29, 1.82) is 0 Å². The number of hydrogen-bond acceptors (Lipinski definition) is 4. The Labute approximate surface area is 97.7 Å².